The van der Waals surface area contributed by atoms with Gasteiger partial charge in [0, 0.05) is 11.1 Å². The number of para-hydroxylation sites is 1. The van der Waals surface area contributed by atoms with Crippen molar-refractivity contribution in [1.29, 1.82) is 0 Å². The molecule has 0 aliphatic carbocycles. The minimum Gasteiger partial charge on any atom is -0.361 e. The average molecular weight is 258 g/mol. The van der Waals surface area contributed by atoms with Crippen molar-refractivity contribution in [3.8, 4) is 0 Å². The average Bonchev–Trinajstić information content (AvgIpc) is 2.72. The highest BCUT2D eigenvalue weighted by molar-refractivity contribution is 6.05. The molecule has 0 spiro atoms. The molecule has 0 aliphatic rings. The molecule has 4 heteroatoms. The van der Waals surface area contributed by atoms with E-state index in [1.165, 1.54) is 0 Å². The van der Waals surface area contributed by atoms with Crippen LogP contribution in [0.25, 0.3) is 0 Å². The topological polar surface area (TPSA) is 55.1 Å². The molecule has 0 bridgehead atoms. The molecule has 0 fully saturated rings. The van der Waals surface area contributed by atoms with E-state index in [0.29, 0.717) is 17.0 Å². The summed E-state index contributed by atoms with van der Waals surface area (Å²) in [6, 6.07) is 9.34. The lowest BCUT2D eigenvalue weighted by atomic mass is 9.88. The number of hydrogen-bond donors (Lipinski definition) is 1. The number of nitrogens with one attached hydrogen (secondary N) is 1. The fraction of sp³-hybridized carbons (Fsp3) is 0.333. The molecule has 4 nitrogen and oxygen atoms in total. The van der Waals surface area contributed by atoms with Crippen molar-refractivity contribution in [3.63, 3.8) is 0 Å². The van der Waals surface area contributed by atoms with Crippen LogP contribution in [0.1, 0.15) is 42.6 Å². The van der Waals surface area contributed by atoms with Crippen LogP contribution in [0.2, 0.25) is 0 Å². The van der Waals surface area contributed by atoms with Gasteiger partial charge in [0.05, 0.1) is 0 Å². The second kappa shape index (κ2) is 4.88. The Labute approximate surface area is 112 Å². The molecule has 0 saturated carbocycles. The van der Waals surface area contributed by atoms with E-state index in [4.69, 9.17) is 4.52 Å². The number of aryl methyl sites for hydroxylation is 1. The molecule has 1 N–H and O–H groups in total. The first kappa shape index (κ1) is 13.3. The largest absolute Gasteiger partial charge is 0.361 e. The normalized spacial score (nSPS) is 11.4. The Morgan fingerprint density at radius 1 is 1.21 bits per heavy atom. The quantitative estimate of drug-likeness (QED) is 0.896. The summed E-state index contributed by atoms with van der Waals surface area (Å²) in [6.45, 7) is 7.76. The van der Waals surface area contributed by atoms with Crippen molar-refractivity contribution in [1.82, 2.24) is 5.16 Å². The zero-order chi connectivity index (χ0) is 14.0. The summed E-state index contributed by atoms with van der Waals surface area (Å²) in [5.74, 6) is 0.355. The minimum atomic E-state index is -0.235. The van der Waals surface area contributed by atoms with E-state index < -0.39 is 0 Å². The highest BCUT2D eigenvalue weighted by atomic mass is 16.5. The first-order chi connectivity index (χ1) is 8.89. The molecule has 0 saturated heterocycles. The fourth-order valence-electron chi connectivity index (χ4n) is 1.87. The maximum absolute atomic E-state index is 12.4. The second-order valence-corrected chi connectivity index (χ2v) is 5.53. The monoisotopic (exact) mass is 258 g/mol. The van der Waals surface area contributed by atoms with Crippen LogP contribution in [0.3, 0.4) is 0 Å². The van der Waals surface area contributed by atoms with E-state index in [1.54, 1.807) is 6.92 Å². The van der Waals surface area contributed by atoms with E-state index in [1.807, 2.05) is 51.1 Å². The Hall–Kier alpha value is -2.10. The maximum atomic E-state index is 12.4. The van der Waals surface area contributed by atoms with Crippen LogP contribution in [0.4, 0.5) is 5.69 Å². The third-order valence-corrected chi connectivity index (χ3v) is 2.83. The van der Waals surface area contributed by atoms with Gasteiger partial charge in [0.15, 0.2) is 0 Å². The van der Waals surface area contributed by atoms with Gasteiger partial charge in [-0.15, -0.1) is 0 Å². The molecule has 0 unspecified atom stereocenters. The van der Waals surface area contributed by atoms with Gasteiger partial charge in [-0.2, -0.15) is 0 Å². The Bertz CT molecular complexity index is 580. The van der Waals surface area contributed by atoms with Gasteiger partial charge in [0.2, 0.25) is 0 Å². The molecule has 1 aromatic carbocycles. The van der Waals surface area contributed by atoms with Gasteiger partial charge in [-0.3, -0.25) is 4.79 Å². The maximum Gasteiger partial charge on any atom is 0.261 e. The molecule has 0 radical (unpaired) electrons. The summed E-state index contributed by atoms with van der Waals surface area (Å²) in [7, 11) is 0. The first-order valence-corrected chi connectivity index (χ1v) is 6.23. The van der Waals surface area contributed by atoms with Gasteiger partial charge >= 0.3 is 0 Å². The Morgan fingerprint density at radius 2 is 1.84 bits per heavy atom. The number of anilines is 1. The SMILES string of the molecule is Cc1onc(C(C)(C)C)c1C(=O)Nc1ccccc1. The van der Waals surface area contributed by atoms with Crippen molar-refractivity contribution < 1.29 is 9.32 Å². The number of nitrogens with zero attached hydrogens (tertiary/aromatic N) is 1. The van der Waals surface area contributed by atoms with Crippen molar-refractivity contribution in [2.75, 3.05) is 5.32 Å². The molecule has 2 rings (SSSR count). The number of carbonyl (C=O) groups is 1. The van der Waals surface area contributed by atoms with Crippen molar-refractivity contribution >= 4 is 11.6 Å². The lowest BCUT2D eigenvalue weighted by Crippen LogP contribution is -2.21. The van der Waals surface area contributed by atoms with E-state index in [2.05, 4.69) is 10.5 Å². The Kier molecular flexibility index (Phi) is 3.42. The van der Waals surface area contributed by atoms with Crippen LogP contribution in [0, 0.1) is 6.92 Å². The zero-order valence-electron chi connectivity index (χ0n) is 11.7. The number of aromatic nitrogens is 1. The summed E-state index contributed by atoms with van der Waals surface area (Å²) >= 11 is 0. The van der Waals surface area contributed by atoms with E-state index >= 15 is 0 Å². The standard InChI is InChI=1S/C15H18N2O2/c1-10-12(13(17-19-10)15(2,3)4)14(18)16-11-8-6-5-7-9-11/h5-9H,1-4H3,(H,16,18). The van der Waals surface area contributed by atoms with Gasteiger partial charge in [-0.25, -0.2) is 0 Å². The van der Waals surface area contributed by atoms with Gasteiger partial charge < -0.3 is 9.84 Å². The lowest BCUT2D eigenvalue weighted by Gasteiger charge is -2.16. The minimum absolute atomic E-state index is 0.185. The highest BCUT2D eigenvalue weighted by Gasteiger charge is 2.28. The van der Waals surface area contributed by atoms with E-state index in [0.717, 1.165) is 5.69 Å². The molecule has 1 heterocycles. The fourth-order valence-corrected chi connectivity index (χ4v) is 1.87. The Balaban J connectivity index is 2.32. The molecule has 100 valence electrons. The number of amides is 1. The smallest absolute Gasteiger partial charge is 0.261 e. The van der Waals surface area contributed by atoms with Crippen LogP contribution in [-0.2, 0) is 5.41 Å². The van der Waals surface area contributed by atoms with Gasteiger partial charge in [-0.05, 0) is 19.1 Å². The van der Waals surface area contributed by atoms with Crippen LogP contribution < -0.4 is 5.32 Å². The summed E-state index contributed by atoms with van der Waals surface area (Å²) in [6.07, 6.45) is 0. The molecule has 1 aromatic heterocycles. The van der Waals surface area contributed by atoms with Crippen LogP contribution >= 0.6 is 0 Å². The zero-order valence-corrected chi connectivity index (χ0v) is 11.7. The van der Waals surface area contributed by atoms with Crippen molar-refractivity contribution in [2.45, 2.75) is 33.1 Å². The number of rotatable bonds is 2. The van der Waals surface area contributed by atoms with Crippen LogP contribution in [0.15, 0.2) is 34.9 Å². The summed E-state index contributed by atoms with van der Waals surface area (Å²) in [4.78, 5) is 12.4. The van der Waals surface area contributed by atoms with Crippen molar-refractivity contribution in [2.24, 2.45) is 0 Å². The number of benzene rings is 1. The number of carbonyl (C=O) groups excluding carboxylic acids is 1. The number of hydrogen-bond acceptors (Lipinski definition) is 3. The van der Waals surface area contributed by atoms with Crippen LogP contribution in [-0.4, -0.2) is 11.1 Å². The predicted molar refractivity (Wildman–Crippen MR) is 74.3 cm³/mol. The predicted octanol–water partition coefficient (Wildman–Crippen LogP) is 3.53. The van der Waals surface area contributed by atoms with Gasteiger partial charge in [0.1, 0.15) is 17.0 Å². The molecule has 1 amide bonds. The third kappa shape index (κ3) is 2.84. The molecular formula is C15H18N2O2. The summed E-state index contributed by atoms with van der Waals surface area (Å²) < 4.78 is 5.17. The molecule has 19 heavy (non-hydrogen) atoms. The van der Waals surface area contributed by atoms with E-state index in [-0.39, 0.29) is 11.3 Å². The summed E-state index contributed by atoms with van der Waals surface area (Å²) in [5, 5.41) is 6.87. The summed E-state index contributed by atoms with van der Waals surface area (Å²) in [5.41, 5.74) is 1.73. The molecule has 0 atom stereocenters. The molecule has 0 aliphatic heterocycles. The Morgan fingerprint density at radius 3 is 2.42 bits per heavy atom. The molecular weight excluding hydrogens is 240 g/mol. The van der Waals surface area contributed by atoms with Crippen molar-refractivity contribution in [3.05, 3.63) is 47.3 Å². The third-order valence-electron chi connectivity index (χ3n) is 2.83. The molecule has 2 aromatic rings. The lowest BCUT2D eigenvalue weighted by molar-refractivity contribution is 0.102. The highest BCUT2D eigenvalue weighted by Crippen LogP contribution is 2.27. The van der Waals surface area contributed by atoms with E-state index in [9.17, 15) is 4.79 Å². The van der Waals surface area contributed by atoms with Crippen LogP contribution in [0.5, 0.6) is 0 Å². The van der Waals surface area contributed by atoms with Gasteiger partial charge in [0.25, 0.3) is 5.91 Å². The second-order valence-electron chi connectivity index (χ2n) is 5.53. The van der Waals surface area contributed by atoms with Gasteiger partial charge in [-0.1, -0.05) is 44.1 Å². The first-order valence-electron chi connectivity index (χ1n) is 6.23.